The molecular weight excluding hydrogens is 709 g/mol. The van der Waals surface area contributed by atoms with E-state index in [9.17, 15) is 23.8 Å². The summed E-state index contributed by atoms with van der Waals surface area (Å²) in [4.78, 5) is 45.8. The number of carbonyl (C=O) groups is 3. The highest BCUT2D eigenvalue weighted by Crippen LogP contribution is 2.43. The maximum Gasteiger partial charge on any atom is 0.472 e. The van der Waals surface area contributed by atoms with Gasteiger partial charge in [0.2, 0.25) is 0 Å². The van der Waals surface area contributed by atoms with Gasteiger partial charge in [-0.15, -0.1) is 0 Å². The number of esters is 2. The van der Waals surface area contributed by atoms with E-state index < -0.39 is 51.1 Å². The molecule has 0 aromatic heterocycles. The van der Waals surface area contributed by atoms with E-state index >= 15 is 0 Å². The Morgan fingerprint density at radius 1 is 0.593 bits per heavy atom. The molecule has 0 heterocycles. The highest BCUT2D eigenvalue weighted by Gasteiger charge is 2.28. The maximum absolute atomic E-state index is 12.6. The average molecular weight is 782 g/mol. The minimum absolute atomic E-state index is 0.144. The van der Waals surface area contributed by atoms with Gasteiger partial charge in [0.15, 0.2) is 6.10 Å². The molecule has 0 aliphatic rings. The molecule has 0 spiro atoms. The Labute approximate surface area is 326 Å². The van der Waals surface area contributed by atoms with Gasteiger partial charge < -0.3 is 25.2 Å². The number of ether oxygens (including phenoxy) is 2. The molecular formula is C42H72NO10P. The van der Waals surface area contributed by atoms with Crippen LogP contribution in [0, 0.1) is 0 Å². The Kier molecular flexibility index (Phi) is 35.2. The third kappa shape index (κ3) is 36.2. The first-order chi connectivity index (χ1) is 26.1. The van der Waals surface area contributed by atoms with E-state index in [0.717, 1.165) is 103 Å². The van der Waals surface area contributed by atoms with E-state index in [2.05, 4.69) is 79.1 Å². The summed E-state index contributed by atoms with van der Waals surface area (Å²) in [5.41, 5.74) is 5.32. The third-order valence-electron chi connectivity index (χ3n) is 8.23. The molecule has 3 atom stereocenters. The summed E-state index contributed by atoms with van der Waals surface area (Å²) in [6.45, 7) is 2.58. The van der Waals surface area contributed by atoms with Crippen molar-refractivity contribution in [1.29, 1.82) is 0 Å². The predicted octanol–water partition coefficient (Wildman–Crippen LogP) is 10.4. The van der Waals surface area contributed by atoms with Gasteiger partial charge in [-0.1, -0.05) is 132 Å². The van der Waals surface area contributed by atoms with Crippen molar-refractivity contribution in [3.8, 4) is 0 Å². The second-order valence-electron chi connectivity index (χ2n) is 13.4. The predicted molar refractivity (Wildman–Crippen MR) is 217 cm³/mol. The van der Waals surface area contributed by atoms with Crippen LogP contribution in [-0.2, 0) is 37.5 Å². The Bertz CT molecular complexity index is 1150. The molecule has 0 aliphatic carbocycles. The monoisotopic (exact) mass is 781 g/mol. The summed E-state index contributed by atoms with van der Waals surface area (Å²) in [6, 6.07) is -1.53. The lowest BCUT2D eigenvalue weighted by Crippen LogP contribution is -2.34. The van der Waals surface area contributed by atoms with E-state index in [4.69, 9.17) is 24.8 Å². The first-order valence-electron chi connectivity index (χ1n) is 20.3. The summed E-state index contributed by atoms with van der Waals surface area (Å²) in [6.07, 6.45) is 41.4. The summed E-state index contributed by atoms with van der Waals surface area (Å²) in [7, 11) is -4.72. The number of hydrogen-bond donors (Lipinski definition) is 3. The fraction of sp³-hybridized carbons (Fsp3) is 0.690. The van der Waals surface area contributed by atoms with E-state index in [1.165, 1.54) is 12.8 Å². The molecule has 0 saturated carbocycles. The molecule has 12 heteroatoms. The van der Waals surface area contributed by atoms with Gasteiger partial charge in [-0.25, -0.2) is 4.57 Å². The van der Waals surface area contributed by atoms with Crippen LogP contribution in [0.25, 0.3) is 0 Å². The van der Waals surface area contributed by atoms with Gasteiger partial charge in [0, 0.05) is 12.8 Å². The lowest BCUT2D eigenvalue weighted by Gasteiger charge is -2.20. The number of phosphoric ester groups is 1. The minimum Gasteiger partial charge on any atom is -0.480 e. The molecule has 0 aromatic rings. The molecule has 0 amide bonds. The molecule has 54 heavy (non-hydrogen) atoms. The summed E-state index contributed by atoms with van der Waals surface area (Å²) < 4.78 is 32.6. The quantitative estimate of drug-likeness (QED) is 0.0237. The normalized spacial score (nSPS) is 14.4. The van der Waals surface area contributed by atoms with Gasteiger partial charge in [0.05, 0.1) is 13.2 Å². The van der Waals surface area contributed by atoms with E-state index in [1.807, 2.05) is 0 Å². The zero-order valence-electron chi connectivity index (χ0n) is 33.3. The van der Waals surface area contributed by atoms with Crippen LogP contribution >= 0.6 is 7.82 Å². The second kappa shape index (κ2) is 37.1. The molecule has 0 bridgehead atoms. The molecule has 0 rings (SSSR count). The topological polar surface area (TPSA) is 172 Å². The fourth-order valence-corrected chi connectivity index (χ4v) is 5.83. The van der Waals surface area contributed by atoms with Crippen LogP contribution in [-0.4, -0.2) is 59.9 Å². The van der Waals surface area contributed by atoms with Crippen molar-refractivity contribution >= 4 is 25.7 Å². The number of carboxylic acids is 1. The Morgan fingerprint density at radius 2 is 1.04 bits per heavy atom. The minimum atomic E-state index is -4.72. The van der Waals surface area contributed by atoms with E-state index in [0.29, 0.717) is 12.8 Å². The van der Waals surface area contributed by atoms with Crippen molar-refractivity contribution < 1.29 is 47.5 Å². The smallest absolute Gasteiger partial charge is 0.472 e. The molecule has 4 N–H and O–H groups in total. The highest BCUT2D eigenvalue weighted by atomic mass is 31.2. The van der Waals surface area contributed by atoms with Crippen molar-refractivity contribution in [2.24, 2.45) is 5.73 Å². The number of rotatable bonds is 37. The Hall–Kier alpha value is -2.82. The number of phosphoric acid groups is 1. The lowest BCUT2D eigenvalue weighted by molar-refractivity contribution is -0.161. The number of unbranched alkanes of at least 4 members (excludes halogenated alkanes) is 13. The number of hydrogen-bond acceptors (Lipinski definition) is 9. The highest BCUT2D eigenvalue weighted by molar-refractivity contribution is 7.47. The van der Waals surface area contributed by atoms with Crippen LogP contribution in [0.1, 0.15) is 155 Å². The third-order valence-corrected chi connectivity index (χ3v) is 9.18. The molecule has 310 valence electrons. The van der Waals surface area contributed by atoms with Crippen molar-refractivity contribution in [3.05, 3.63) is 60.8 Å². The van der Waals surface area contributed by atoms with Crippen molar-refractivity contribution in [2.75, 3.05) is 19.8 Å². The average Bonchev–Trinajstić information content (AvgIpc) is 3.14. The molecule has 0 radical (unpaired) electrons. The number of allylic oxidation sites excluding steroid dienone is 10. The zero-order chi connectivity index (χ0) is 40.0. The van der Waals surface area contributed by atoms with Crippen molar-refractivity contribution in [2.45, 2.75) is 167 Å². The first kappa shape index (κ1) is 51.2. The van der Waals surface area contributed by atoms with Gasteiger partial charge in [-0.2, -0.15) is 0 Å². The molecule has 0 aromatic carbocycles. The molecule has 0 fully saturated rings. The van der Waals surface area contributed by atoms with Crippen LogP contribution in [0.15, 0.2) is 60.8 Å². The van der Waals surface area contributed by atoms with Crippen LogP contribution in [0.5, 0.6) is 0 Å². The summed E-state index contributed by atoms with van der Waals surface area (Å²) in [5, 5.41) is 8.87. The number of carbonyl (C=O) groups excluding carboxylic acids is 2. The summed E-state index contributed by atoms with van der Waals surface area (Å²) in [5.74, 6) is -2.42. The SMILES string of the molecule is CC/C=C\C/C=C\C/C=C\CCCCCCCCCC(=O)OC(COC(=O)CCCCCCC/C=C\C/C=C\CCC)COP(=O)(O)OCC(N)C(=O)O. The first-order valence-corrected chi connectivity index (χ1v) is 21.8. The van der Waals surface area contributed by atoms with E-state index in [1.54, 1.807) is 0 Å². The number of aliphatic carboxylic acids is 1. The maximum atomic E-state index is 12.6. The van der Waals surface area contributed by atoms with Crippen molar-refractivity contribution in [1.82, 2.24) is 0 Å². The standard InChI is InChI=1S/C42H72NO10P/c1-3-5-7-9-11-13-15-17-18-19-20-22-24-26-28-30-32-34-41(45)53-38(36-51-54(48,49)52-37-39(43)42(46)47)35-50-40(44)33-31-29-27-25-23-21-16-14-12-10-8-6-4-2/h5,7-8,10-11,13-14,16-18,38-39H,3-4,6,9,12,15,19-37,43H2,1-2H3,(H,46,47)(H,48,49)/b7-5-,10-8-,13-11-,16-14-,18-17-. The Balaban J connectivity index is 4.44. The van der Waals surface area contributed by atoms with Crippen LogP contribution < -0.4 is 5.73 Å². The lowest BCUT2D eigenvalue weighted by atomic mass is 10.1. The van der Waals surface area contributed by atoms with Crippen molar-refractivity contribution in [3.63, 3.8) is 0 Å². The number of nitrogens with two attached hydrogens (primary N) is 1. The zero-order valence-corrected chi connectivity index (χ0v) is 34.2. The fourth-order valence-electron chi connectivity index (χ4n) is 5.06. The van der Waals surface area contributed by atoms with Crippen LogP contribution in [0.3, 0.4) is 0 Å². The second-order valence-corrected chi connectivity index (χ2v) is 14.8. The van der Waals surface area contributed by atoms with Gasteiger partial charge >= 0.3 is 25.7 Å². The van der Waals surface area contributed by atoms with Crippen LogP contribution in [0.4, 0.5) is 0 Å². The van der Waals surface area contributed by atoms with Gasteiger partial charge in [-0.05, 0) is 70.6 Å². The largest absolute Gasteiger partial charge is 0.480 e. The molecule has 0 saturated heterocycles. The molecule has 11 nitrogen and oxygen atoms in total. The molecule has 0 aliphatic heterocycles. The summed E-state index contributed by atoms with van der Waals surface area (Å²) >= 11 is 0. The van der Waals surface area contributed by atoms with Gasteiger partial charge in [0.25, 0.3) is 0 Å². The Morgan fingerprint density at radius 3 is 1.56 bits per heavy atom. The number of carboxylic acid groups (broad SMARTS) is 1. The van der Waals surface area contributed by atoms with Gasteiger partial charge in [-0.3, -0.25) is 23.4 Å². The van der Waals surface area contributed by atoms with E-state index in [-0.39, 0.29) is 19.4 Å². The van der Waals surface area contributed by atoms with Crippen LogP contribution in [0.2, 0.25) is 0 Å². The molecule has 3 unspecified atom stereocenters. The van der Waals surface area contributed by atoms with Gasteiger partial charge in [0.1, 0.15) is 12.6 Å².